The number of likely N-dealkylation sites (N-methyl/N-ethyl adjacent to an activating group) is 1. The number of amides is 1. The molecule has 1 aliphatic rings. The van der Waals surface area contributed by atoms with Crippen LogP contribution in [0.2, 0.25) is 0 Å². The van der Waals surface area contributed by atoms with E-state index >= 15 is 0 Å². The van der Waals surface area contributed by atoms with Crippen LogP contribution in [0, 0.1) is 0 Å². The molecule has 19 heavy (non-hydrogen) atoms. The fourth-order valence-electron chi connectivity index (χ4n) is 2.44. The summed E-state index contributed by atoms with van der Waals surface area (Å²) in [5.41, 5.74) is 6.72. The van der Waals surface area contributed by atoms with Crippen LogP contribution >= 0.6 is 15.9 Å². The molecule has 2 N–H and O–H groups in total. The molecule has 2 unspecified atom stereocenters. The molecule has 0 aromatic heterocycles. The van der Waals surface area contributed by atoms with Gasteiger partial charge in [0.15, 0.2) is 0 Å². The number of anilines is 1. The molecule has 2 rings (SSSR count). The van der Waals surface area contributed by atoms with Crippen molar-refractivity contribution in [1.82, 2.24) is 4.90 Å². The SMILES string of the molecule is CC1CCN(c2ccc(Br)cc2)C(=O)C(CN)N1C. The highest BCUT2D eigenvalue weighted by Crippen LogP contribution is 2.23. The average Bonchev–Trinajstić information content (AvgIpc) is 2.50. The lowest BCUT2D eigenvalue weighted by molar-refractivity contribution is -0.122. The van der Waals surface area contributed by atoms with Crippen molar-refractivity contribution in [1.29, 1.82) is 0 Å². The first-order valence-corrected chi connectivity index (χ1v) is 7.33. The minimum atomic E-state index is -0.235. The van der Waals surface area contributed by atoms with Crippen molar-refractivity contribution in [2.75, 3.05) is 25.0 Å². The quantitative estimate of drug-likeness (QED) is 0.902. The summed E-state index contributed by atoms with van der Waals surface area (Å²) in [7, 11) is 1.98. The van der Waals surface area contributed by atoms with E-state index in [4.69, 9.17) is 5.73 Å². The molecule has 1 heterocycles. The molecule has 1 aromatic carbocycles. The molecule has 1 saturated heterocycles. The normalized spacial score (nSPS) is 25.5. The molecule has 0 bridgehead atoms. The molecular formula is C14H20BrN3O. The van der Waals surface area contributed by atoms with Crippen LogP contribution in [0.15, 0.2) is 28.7 Å². The van der Waals surface area contributed by atoms with Crippen molar-refractivity contribution < 1.29 is 4.79 Å². The fraction of sp³-hybridized carbons (Fsp3) is 0.500. The van der Waals surface area contributed by atoms with Gasteiger partial charge in [-0.05, 0) is 44.7 Å². The number of hydrogen-bond acceptors (Lipinski definition) is 3. The number of halogens is 1. The van der Waals surface area contributed by atoms with Crippen LogP contribution < -0.4 is 10.6 Å². The van der Waals surface area contributed by atoms with E-state index in [9.17, 15) is 4.79 Å². The molecule has 1 aliphatic heterocycles. The highest BCUT2D eigenvalue weighted by molar-refractivity contribution is 9.10. The number of carbonyl (C=O) groups is 1. The van der Waals surface area contributed by atoms with Gasteiger partial charge in [-0.25, -0.2) is 0 Å². The Labute approximate surface area is 122 Å². The third kappa shape index (κ3) is 2.99. The molecule has 0 spiro atoms. The van der Waals surface area contributed by atoms with Crippen LogP contribution in [0.1, 0.15) is 13.3 Å². The van der Waals surface area contributed by atoms with Gasteiger partial charge in [-0.2, -0.15) is 0 Å². The van der Waals surface area contributed by atoms with Crippen molar-refractivity contribution in [3.05, 3.63) is 28.7 Å². The lowest BCUT2D eigenvalue weighted by Crippen LogP contribution is -2.50. The van der Waals surface area contributed by atoms with Crippen molar-refractivity contribution in [2.45, 2.75) is 25.4 Å². The fourth-order valence-corrected chi connectivity index (χ4v) is 2.70. The summed E-state index contributed by atoms with van der Waals surface area (Å²) in [5.74, 6) is 0.0941. The molecule has 0 saturated carbocycles. The Bertz CT molecular complexity index is 449. The van der Waals surface area contributed by atoms with Crippen molar-refractivity contribution in [3.63, 3.8) is 0 Å². The number of carbonyl (C=O) groups excluding carboxylic acids is 1. The van der Waals surface area contributed by atoms with Crippen LogP contribution in [0.25, 0.3) is 0 Å². The van der Waals surface area contributed by atoms with E-state index in [1.807, 2.05) is 36.2 Å². The molecular weight excluding hydrogens is 306 g/mol. The summed E-state index contributed by atoms with van der Waals surface area (Å²) in [6.45, 7) is 3.23. The Balaban J connectivity index is 2.29. The number of nitrogens with zero attached hydrogens (tertiary/aromatic N) is 2. The van der Waals surface area contributed by atoms with Gasteiger partial charge in [-0.3, -0.25) is 9.69 Å². The minimum Gasteiger partial charge on any atom is -0.328 e. The van der Waals surface area contributed by atoms with Crippen molar-refractivity contribution in [2.24, 2.45) is 5.73 Å². The highest BCUT2D eigenvalue weighted by Gasteiger charge is 2.33. The first-order valence-electron chi connectivity index (χ1n) is 6.53. The van der Waals surface area contributed by atoms with Crippen LogP contribution in [-0.2, 0) is 4.79 Å². The second kappa shape index (κ2) is 6.03. The lowest BCUT2D eigenvalue weighted by atomic mass is 10.2. The topological polar surface area (TPSA) is 49.6 Å². The predicted octanol–water partition coefficient (Wildman–Crippen LogP) is 1.83. The van der Waals surface area contributed by atoms with Crippen molar-refractivity contribution >= 4 is 27.5 Å². The molecule has 4 nitrogen and oxygen atoms in total. The van der Waals surface area contributed by atoms with E-state index in [1.54, 1.807) is 0 Å². The summed E-state index contributed by atoms with van der Waals surface area (Å²) >= 11 is 3.41. The van der Waals surface area contributed by atoms with E-state index in [1.165, 1.54) is 0 Å². The van der Waals surface area contributed by atoms with E-state index in [-0.39, 0.29) is 11.9 Å². The van der Waals surface area contributed by atoms with E-state index in [2.05, 4.69) is 27.8 Å². The van der Waals surface area contributed by atoms with Gasteiger partial charge in [-0.1, -0.05) is 15.9 Å². The third-order valence-corrected chi connectivity index (χ3v) is 4.40. The Kier molecular flexibility index (Phi) is 4.60. The molecule has 1 aromatic rings. The third-order valence-electron chi connectivity index (χ3n) is 3.87. The molecule has 2 atom stereocenters. The van der Waals surface area contributed by atoms with Gasteiger partial charge in [0, 0.05) is 29.3 Å². The largest absolute Gasteiger partial charge is 0.328 e. The van der Waals surface area contributed by atoms with Crippen LogP contribution in [0.5, 0.6) is 0 Å². The molecule has 1 fully saturated rings. The molecule has 5 heteroatoms. The van der Waals surface area contributed by atoms with Gasteiger partial charge in [-0.15, -0.1) is 0 Å². The van der Waals surface area contributed by atoms with Crippen LogP contribution in [-0.4, -0.2) is 43.0 Å². The van der Waals surface area contributed by atoms with Gasteiger partial charge in [0.25, 0.3) is 0 Å². The Morgan fingerprint density at radius 1 is 1.37 bits per heavy atom. The Morgan fingerprint density at radius 2 is 2.00 bits per heavy atom. The summed E-state index contributed by atoms with van der Waals surface area (Å²) in [6, 6.07) is 7.96. The number of benzene rings is 1. The van der Waals surface area contributed by atoms with Gasteiger partial charge < -0.3 is 10.6 Å². The van der Waals surface area contributed by atoms with Crippen molar-refractivity contribution in [3.8, 4) is 0 Å². The van der Waals surface area contributed by atoms with Crippen LogP contribution in [0.3, 0.4) is 0 Å². The smallest absolute Gasteiger partial charge is 0.245 e. The number of nitrogens with two attached hydrogens (primary N) is 1. The summed E-state index contributed by atoms with van der Waals surface area (Å²) in [4.78, 5) is 16.5. The maximum absolute atomic E-state index is 12.6. The lowest BCUT2D eigenvalue weighted by Gasteiger charge is -2.29. The summed E-state index contributed by atoms with van der Waals surface area (Å²) in [5, 5.41) is 0. The van der Waals surface area contributed by atoms with E-state index in [0.29, 0.717) is 12.6 Å². The summed E-state index contributed by atoms with van der Waals surface area (Å²) < 4.78 is 1.01. The van der Waals surface area contributed by atoms with Gasteiger partial charge >= 0.3 is 0 Å². The predicted molar refractivity (Wildman–Crippen MR) is 81.2 cm³/mol. The minimum absolute atomic E-state index is 0.0941. The first kappa shape index (κ1) is 14.5. The molecule has 1 amide bonds. The highest BCUT2D eigenvalue weighted by atomic mass is 79.9. The molecule has 104 valence electrons. The first-order chi connectivity index (χ1) is 9.04. The monoisotopic (exact) mass is 325 g/mol. The number of hydrogen-bond donors (Lipinski definition) is 1. The van der Waals surface area contributed by atoms with E-state index < -0.39 is 0 Å². The van der Waals surface area contributed by atoms with E-state index in [0.717, 1.165) is 23.1 Å². The molecule has 0 aliphatic carbocycles. The standard InChI is InChI=1S/C14H20BrN3O/c1-10-7-8-18(12-5-3-11(15)4-6-12)14(19)13(9-16)17(10)2/h3-6,10,13H,7-9,16H2,1-2H3. The zero-order valence-corrected chi connectivity index (χ0v) is 12.9. The molecule has 0 radical (unpaired) electrons. The summed E-state index contributed by atoms with van der Waals surface area (Å²) in [6.07, 6.45) is 0.953. The zero-order chi connectivity index (χ0) is 14.0. The van der Waals surface area contributed by atoms with Crippen LogP contribution in [0.4, 0.5) is 5.69 Å². The maximum atomic E-state index is 12.6. The second-order valence-electron chi connectivity index (χ2n) is 5.02. The Hall–Kier alpha value is -0.910. The van der Waals surface area contributed by atoms with Gasteiger partial charge in [0.2, 0.25) is 5.91 Å². The van der Waals surface area contributed by atoms with Gasteiger partial charge in [0.1, 0.15) is 6.04 Å². The zero-order valence-electron chi connectivity index (χ0n) is 11.3. The second-order valence-corrected chi connectivity index (χ2v) is 5.94. The van der Waals surface area contributed by atoms with Gasteiger partial charge in [0.05, 0.1) is 0 Å². The average molecular weight is 326 g/mol. The Morgan fingerprint density at radius 3 is 2.58 bits per heavy atom. The number of rotatable bonds is 2. The maximum Gasteiger partial charge on any atom is 0.245 e.